The predicted molar refractivity (Wildman–Crippen MR) is 50.6 cm³/mol. The van der Waals surface area contributed by atoms with Crippen LogP contribution in [0.4, 0.5) is 13.2 Å². The van der Waals surface area contributed by atoms with Crippen LogP contribution in [0, 0.1) is 5.92 Å². The minimum absolute atomic E-state index is 0.0833. The molecule has 0 atom stereocenters. The third-order valence-corrected chi connectivity index (χ3v) is 1.66. The number of Topliss-reactive ketones (excluding diaryl/α,β-unsaturated/α-hetero) is 2. The number of ketones is 2. The van der Waals surface area contributed by atoms with Crippen molar-refractivity contribution in [3.63, 3.8) is 0 Å². The summed E-state index contributed by atoms with van der Waals surface area (Å²) >= 11 is 0. The van der Waals surface area contributed by atoms with E-state index in [0.717, 1.165) is 0 Å². The fourth-order valence-electron chi connectivity index (χ4n) is 0.854. The van der Waals surface area contributed by atoms with E-state index in [0.29, 0.717) is 6.26 Å². The highest BCUT2D eigenvalue weighted by Gasteiger charge is 2.43. The van der Waals surface area contributed by atoms with Gasteiger partial charge in [-0.2, -0.15) is 13.2 Å². The second-order valence-corrected chi connectivity index (χ2v) is 3.33. The first-order valence-corrected chi connectivity index (χ1v) is 4.69. The molecule has 16 heavy (non-hydrogen) atoms. The van der Waals surface area contributed by atoms with Gasteiger partial charge in [0.05, 0.1) is 12.9 Å². The Balaban J connectivity index is 5.12. The molecule has 0 aliphatic carbocycles. The molecule has 0 aromatic heterocycles. The topological polar surface area (TPSA) is 43.4 Å². The van der Waals surface area contributed by atoms with E-state index in [1.807, 2.05) is 0 Å². The van der Waals surface area contributed by atoms with Crippen molar-refractivity contribution in [1.82, 2.24) is 0 Å². The van der Waals surface area contributed by atoms with Gasteiger partial charge in [-0.05, 0) is 6.92 Å². The standard InChI is InChI=1S/C10H13F3O3/c1-4-16-5-7(8(14)6(2)3)9(15)10(11,12)13/h5-6H,4H2,1-3H3. The number of ether oxygens (including phenoxy) is 1. The fourth-order valence-corrected chi connectivity index (χ4v) is 0.854. The van der Waals surface area contributed by atoms with Crippen molar-refractivity contribution in [2.24, 2.45) is 5.92 Å². The summed E-state index contributed by atoms with van der Waals surface area (Å²) in [5.41, 5.74) is -0.954. The van der Waals surface area contributed by atoms with E-state index < -0.39 is 29.2 Å². The first kappa shape index (κ1) is 14.7. The number of hydrogen-bond donors (Lipinski definition) is 0. The highest BCUT2D eigenvalue weighted by Crippen LogP contribution is 2.22. The van der Waals surface area contributed by atoms with E-state index in [1.165, 1.54) is 20.8 Å². The van der Waals surface area contributed by atoms with Crippen LogP contribution in [0.15, 0.2) is 11.8 Å². The largest absolute Gasteiger partial charge is 0.501 e. The van der Waals surface area contributed by atoms with Gasteiger partial charge >= 0.3 is 6.18 Å². The maximum Gasteiger partial charge on any atom is 0.455 e. The third-order valence-electron chi connectivity index (χ3n) is 1.66. The molecular weight excluding hydrogens is 225 g/mol. The van der Waals surface area contributed by atoms with Crippen molar-refractivity contribution in [2.45, 2.75) is 26.9 Å². The van der Waals surface area contributed by atoms with E-state index in [-0.39, 0.29) is 6.61 Å². The molecule has 0 aliphatic heterocycles. The van der Waals surface area contributed by atoms with Gasteiger partial charge in [-0.3, -0.25) is 9.59 Å². The van der Waals surface area contributed by atoms with E-state index in [1.54, 1.807) is 0 Å². The lowest BCUT2D eigenvalue weighted by Crippen LogP contribution is -2.30. The average Bonchev–Trinajstić information content (AvgIpc) is 2.16. The Morgan fingerprint density at radius 2 is 1.81 bits per heavy atom. The molecule has 0 saturated heterocycles. The third kappa shape index (κ3) is 4.04. The van der Waals surface area contributed by atoms with Gasteiger partial charge in [0, 0.05) is 5.92 Å². The molecular formula is C10H13F3O3. The van der Waals surface area contributed by atoms with Gasteiger partial charge in [-0.15, -0.1) is 0 Å². The number of carbonyl (C=O) groups excluding carboxylic acids is 2. The van der Waals surface area contributed by atoms with E-state index in [4.69, 9.17) is 0 Å². The molecule has 0 aromatic carbocycles. The lowest BCUT2D eigenvalue weighted by Gasteiger charge is -2.10. The van der Waals surface area contributed by atoms with Crippen LogP contribution in [0.25, 0.3) is 0 Å². The number of carbonyl (C=O) groups is 2. The maximum atomic E-state index is 12.2. The van der Waals surface area contributed by atoms with E-state index in [2.05, 4.69) is 4.74 Å². The van der Waals surface area contributed by atoms with Crippen LogP contribution >= 0.6 is 0 Å². The van der Waals surface area contributed by atoms with Crippen LogP contribution in [0.2, 0.25) is 0 Å². The first-order chi connectivity index (χ1) is 7.21. The van der Waals surface area contributed by atoms with Crippen LogP contribution in [0.3, 0.4) is 0 Å². The summed E-state index contributed by atoms with van der Waals surface area (Å²) in [5.74, 6) is -3.74. The highest BCUT2D eigenvalue weighted by atomic mass is 19.4. The normalized spacial score (nSPS) is 12.8. The fraction of sp³-hybridized carbons (Fsp3) is 0.600. The zero-order valence-electron chi connectivity index (χ0n) is 9.22. The van der Waals surface area contributed by atoms with Crippen molar-refractivity contribution >= 4 is 11.6 Å². The number of alkyl halides is 3. The van der Waals surface area contributed by atoms with Crippen molar-refractivity contribution in [3.05, 3.63) is 11.8 Å². The summed E-state index contributed by atoms with van der Waals surface area (Å²) < 4.78 is 41.0. The molecule has 0 spiro atoms. The van der Waals surface area contributed by atoms with Crippen molar-refractivity contribution in [3.8, 4) is 0 Å². The molecule has 0 fully saturated rings. The molecule has 0 radical (unpaired) electrons. The Morgan fingerprint density at radius 3 is 2.12 bits per heavy atom. The Labute approximate surface area is 91.3 Å². The molecule has 0 bridgehead atoms. The van der Waals surface area contributed by atoms with Gasteiger partial charge in [0.15, 0.2) is 5.78 Å². The van der Waals surface area contributed by atoms with E-state index >= 15 is 0 Å². The highest BCUT2D eigenvalue weighted by molar-refractivity contribution is 6.22. The molecule has 0 aromatic rings. The quantitative estimate of drug-likeness (QED) is 0.319. The van der Waals surface area contributed by atoms with Gasteiger partial charge in [0.1, 0.15) is 5.57 Å². The van der Waals surface area contributed by atoms with Crippen molar-refractivity contribution in [1.29, 1.82) is 0 Å². The lowest BCUT2D eigenvalue weighted by molar-refractivity contribution is -0.167. The second-order valence-electron chi connectivity index (χ2n) is 3.33. The molecule has 0 saturated carbocycles. The Morgan fingerprint density at radius 1 is 1.31 bits per heavy atom. The summed E-state index contributed by atoms with van der Waals surface area (Å²) in [5, 5.41) is 0. The Hall–Kier alpha value is -1.33. The molecule has 0 heterocycles. The molecule has 92 valence electrons. The number of rotatable bonds is 5. The van der Waals surface area contributed by atoms with Gasteiger partial charge < -0.3 is 4.74 Å². The van der Waals surface area contributed by atoms with Gasteiger partial charge in [-0.25, -0.2) is 0 Å². The lowest BCUT2D eigenvalue weighted by atomic mass is 9.98. The SMILES string of the molecule is CCOC=C(C(=O)C(C)C)C(=O)C(F)(F)F. The molecule has 0 rings (SSSR count). The van der Waals surface area contributed by atoms with Crippen LogP contribution in [-0.2, 0) is 14.3 Å². The summed E-state index contributed by atoms with van der Waals surface area (Å²) in [4.78, 5) is 22.3. The minimum atomic E-state index is -5.06. The summed E-state index contributed by atoms with van der Waals surface area (Å²) in [6.45, 7) is 4.43. The van der Waals surface area contributed by atoms with E-state index in [9.17, 15) is 22.8 Å². The van der Waals surface area contributed by atoms with Gasteiger partial charge in [0.2, 0.25) is 0 Å². The molecule has 3 nitrogen and oxygen atoms in total. The predicted octanol–water partition coefficient (Wildman–Crippen LogP) is 2.26. The molecule has 0 unspecified atom stereocenters. The number of hydrogen-bond acceptors (Lipinski definition) is 3. The molecule has 0 N–H and O–H groups in total. The molecule has 0 aliphatic rings. The Kier molecular flexibility index (Phi) is 5.20. The van der Waals surface area contributed by atoms with Gasteiger partial charge in [0.25, 0.3) is 5.78 Å². The number of halogens is 3. The molecule has 0 amide bonds. The van der Waals surface area contributed by atoms with Crippen molar-refractivity contribution in [2.75, 3.05) is 6.61 Å². The summed E-state index contributed by atoms with van der Waals surface area (Å²) in [6.07, 6.45) is -4.48. The van der Waals surface area contributed by atoms with Gasteiger partial charge in [-0.1, -0.05) is 13.8 Å². The first-order valence-electron chi connectivity index (χ1n) is 4.69. The van der Waals surface area contributed by atoms with Crippen molar-refractivity contribution < 1.29 is 27.5 Å². The minimum Gasteiger partial charge on any atom is -0.501 e. The zero-order chi connectivity index (χ0) is 12.9. The summed E-state index contributed by atoms with van der Waals surface area (Å²) in [6, 6.07) is 0. The smallest absolute Gasteiger partial charge is 0.455 e. The average molecular weight is 238 g/mol. The van der Waals surface area contributed by atoms with Crippen LogP contribution in [0.1, 0.15) is 20.8 Å². The monoisotopic (exact) mass is 238 g/mol. The molecule has 6 heteroatoms. The van der Waals surface area contributed by atoms with Crippen LogP contribution in [-0.4, -0.2) is 24.3 Å². The van der Waals surface area contributed by atoms with Crippen LogP contribution < -0.4 is 0 Å². The summed E-state index contributed by atoms with van der Waals surface area (Å²) in [7, 11) is 0. The maximum absolute atomic E-state index is 12.2. The number of allylic oxidation sites excluding steroid dienone is 1. The van der Waals surface area contributed by atoms with Crippen LogP contribution in [0.5, 0.6) is 0 Å². The zero-order valence-corrected chi connectivity index (χ0v) is 9.22. The Bertz CT molecular complexity index is 303. The second kappa shape index (κ2) is 5.67.